The Morgan fingerprint density at radius 1 is 1.24 bits per heavy atom. The molecule has 0 aromatic heterocycles. The van der Waals surface area contributed by atoms with Crippen molar-refractivity contribution >= 4 is 11.8 Å². The van der Waals surface area contributed by atoms with Gasteiger partial charge in [0.2, 0.25) is 11.8 Å². The number of piperidine rings is 1. The molecule has 1 aromatic carbocycles. The molecule has 1 aliphatic heterocycles. The summed E-state index contributed by atoms with van der Waals surface area (Å²) in [5.74, 6) is -0.563. The van der Waals surface area contributed by atoms with Crippen molar-refractivity contribution in [2.45, 2.75) is 44.1 Å². The third-order valence-corrected chi connectivity index (χ3v) is 4.95. The summed E-state index contributed by atoms with van der Waals surface area (Å²) in [5.41, 5.74) is 0.707. The Kier molecular flexibility index (Phi) is 3.81. The molecule has 1 spiro atoms. The van der Waals surface area contributed by atoms with Crippen molar-refractivity contribution in [1.82, 2.24) is 5.32 Å². The van der Waals surface area contributed by atoms with Gasteiger partial charge in [0.15, 0.2) is 0 Å². The van der Waals surface area contributed by atoms with Crippen LogP contribution in [-0.2, 0) is 14.3 Å². The number of hydrogen-bond donors (Lipinski definition) is 1. The number of rotatable bonds is 2. The summed E-state index contributed by atoms with van der Waals surface area (Å²) >= 11 is 0. The first-order valence-electron chi connectivity index (χ1n) is 7.56. The lowest BCUT2D eigenvalue weighted by Gasteiger charge is -2.47. The van der Waals surface area contributed by atoms with Crippen molar-refractivity contribution in [1.29, 1.82) is 0 Å². The van der Waals surface area contributed by atoms with Crippen LogP contribution in [0.3, 0.4) is 0 Å². The topological polar surface area (TPSA) is 55.4 Å². The summed E-state index contributed by atoms with van der Waals surface area (Å²) in [4.78, 5) is 24.4. The van der Waals surface area contributed by atoms with Gasteiger partial charge in [-0.1, -0.05) is 36.8 Å². The molecule has 21 heavy (non-hydrogen) atoms. The van der Waals surface area contributed by atoms with Gasteiger partial charge in [-0.3, -0.25) is 14.9 Å². The Balaban J connectivity index is 2.00. The number of ether oxygens (including phenoxy) is 1. The lowest BCUT2D eigenvalue weighted by molar-refractivity contribution is -0.143. The summed E-state index contributed by atoms with van der Waals surface area (Å²) in [6, 6.07) is 9.81. The lowest BCUT2D eigenvalue weighted by atomic mass is 9.59. The number of carbonyl (C=O) groups excluding carboxylic acids is 2. The molecule has 1 heterocycles. The fourth-order valence-corrected chi connectivity index (χ4v) is 4.07. The molecule has 4 nitrogen and oxygen atoms in total. The number of imide groups is 1. The van der Waals surface area contributed by atoms with Gasteiger partial charge in [-0.25, -0.2) is 0 Å². The van der Waals surface area contributed by atoms with Crippen molar-refractivity contribution in [3.8, 4) is 0 Å². The lowest BCUT2D eigenvalue weighted by Crippen LogP contribution is -2.53. The Hall–Kier alpha value is -1.68. The van der Waals surface area contributed by atoms with Crippen LogP contribution >= 0.6 is 0 Å². The van der Waals surface area contributed by atoms with Gasteiger partial charge in [-0.2, -0.15) is 0 Å². The van der Waals surface area contributed by atoms with Crippen LogP contribution in [-0.4, -0.2) is 25.0 Å². The van der Waals surface area contributed by atoms with E-state index in [9.17, 15) is 9.59 Å². The molecule has 3 rings (SSSR count). The maximum atomic E-state index is 12.5. The number of methoxy groups -OCH3 is 1. The van der Waals surface area contributed by atoms with E-state index >= 15 is 0 Å². The SMILES string of the molecule is COC1CCCC2(CC(=O)NC(=O)C2c2ccccc2)C1. The molecule has 0 radical (unpaired) electrons. The van der Waals surface area contributed by atoms with Gasteiger partial charge >= 0.3 is 0 Å². The molecule has 112 valence electrons. The Morgan fingerprint density at radius 3 is 2.71 bits per heavy atom. The molecule has 1 aliphatic carbocycles. The molecule has 4 heteroatoms. The monoisotopic (exact) mass is 287 g/mol. The molecule has 2 amide bonds. The third-order valence-electron chi connectivity index (χ3n) is 4.95. The second-order valence-electron chi connectivity index (χ2n) is 6.25. The van der Waals surface area contributed by atoms with E-state index in [-0.39, 0.29) is 29.3 Å². The van der Waals surface area contributed by atoms with Crippen molar-refractivity contribution in [2.75, 3.05) is 7.11 Å². The Labute approximate surface area is 124 Å². The minimum absolute atomic E-state index is 0.142. The van der Waals surface area contributed by atoms with E-state index in [1.165, 1.54) is 0 Å². The highest BCUT2D eigenvalue weighted by molar-refractivity contribution is 6.02. The van der Waals surface area contributed by atoms with E-state index in [0.29, 0.717) is 6.42 Å². The van der Waals surface area contributed by atoms with Crippen molar-refractivity contribution in [3.05, 3.63) is 35.9 Å². The molecule has 2 fully saturated rings. The van der Waals surface area contributed by atoms with Crippen LogP contribution in [0.4, 0.5) is 0 Å². The molecule has 0 bridgehead atoms. The van der Waals surface area contributed by atoms with Crippen LogP contribution in [0.15, 0.2) is 30.3 Å². The van der Waals surface area contributed by atoms with Gasteiger partial charge in [0, 0.05) is 13.5 Å². The van der Waals surface area contributed by atoms with Crippen molar-refractivity contribution in [2.24, 2.45) is 5.41 Å². The number of hydrogen-bond acceptors (Lipinski definition) is 3. The van der Waals surface area contributed by atoms with Crippen LogP contribution in [0.25, 0.3) is 0 Å². The average Bonchev–Trinajstić information content (AvgIpc) is 2.47. The predicted molar refractivity (Wildman–Crippen MR) is 78.6 cm³/mol. The zero-order valence-electron chi connectivity index (χ0n) is 12.3. The van der Waals surface area contributed by atoms with Gasteiger partial charge in [0.05, 0.1) is 12.0 Å². The fraction of sp³-hybridized carbons (Fsp3) is 0.529. The standard InChI is InChI=1S/C17H21NO3/c1-21-13-8-5-9-17(10-13)11-14(19)18-16(20)15(17)12-6-3-2-4-7-12/h2-4,6-7,13,15H,5,8-11H2,1H3,(H,18,19,20). The van der Waals surface area contributed by atoms with Gasteiger partial charge in [0.25, 0.3) is 0 Å². The number of carbonyl (C=O) groups is 2. The number of nitrogens with one attached hydrogen (secondary N) is 1. The molecule has 1 N–H and O–H groups in total. The fourth-order valence-electron chi connectivity index (χ4n) is 4.07. The summed E-state index contributed by atoms with van der Waals surface area (Å²) < 4.78 is 5.53. The predicted octanol–water partition coefficient (Wildman–Crippen LogP) is 2.39. The van der Waals surface area contributed by atoms with E-state index in [1.54, 1.807) is 7.11 Å². The minimum Gasteiger partial charge on any atom is -0.381 e. The number of benzene rings is 1. The van der Waals surface area contributed by atoms with Crippen LogP contribution in [0.2, 0.25) is 0 Å². The zero-order valence-corrected chi connectivity index (χ0v) is 12.3. The highest BCUT2D eigenvalue weighted by Gasteiger charge is 2.51. The summed E-state index contributed by atoms with van der Waals surface area (Å²) in [5, 5.41) is 2.51. The van der Waals surface area contributed by atoms with Gasteiger partial charge in [-0.15, -0.1) is 0 Å². The van der Waals surface area contributed by atoms with Gasteiger partial charge in [0.1, 0.15) is 0 Å². The van der Waals surface area contributed by atoms with Gasteiger partial charge in [-0.05, 0) is 30.2 Å². The average molecular weight is 287 g/mol. The molecule has 1 saturated carbocycles. The van der Waals surface area contributed by atoms with Crippen LogP contribution in [0.5, 0.6) is 0 Å². The summed E-state index contributed by atoms with van der Waals surface area (Å²) in [7, 11) is 1.71. The Bertz CT molecular complexity index is 542. The van der Waals surface area contributed by atoms with E-state index in [2.05, 4.69) is 5.32 Å². The second kappa shape index (κ2) is 5.60. The van der Waals surface area contributed by atoms with Crippen LogP contribution in [0.1, 0.15) is 43.6 Å². The molecule has 3 unspecified atom stereocenters. The minimum atomic E-state index is -0.292. The first kappa shape index (κ1) is 14.3. The van der Waals surface area contributed by atoms with Crippen LogP contribution < -0.4 is 5.32 Å². The van der Waals surface area contributed by atoms with Gasteiger partial charge < -0.3 is 4.74 Å². The highest BCUT2D eigenvalue weighted by Crippen LogP contribution is 2.52. The second-order valence-corrected chi connectivity index (χ2v) is 6.25. The van der Waals surface area contributed by atoms with E-state index in [1.807, 2.05) is 30.3 Å². The smallest absolute Gasteiger partial charge is 0.234 e. The number of amides is 2. The molecule has 3 atom stereocenters. The zero-order chi connectivity index (χ0) is 14.9. The maximum absolute atomic E-state index is 12.5. The van der Waals surface area contributed by atoms with Crippen molar-refractivity contribution < 1.29 is 14.3 Å². The molecular formula is C17H21NO3. The summed E-state index contributed by atoms with van der Waals surface area (Å²) in [6.07, 6.45) is 4.26. The van der Waals surface area contributed by atoms with Crippen molar-refractivity contribution in [3.63, 3.8) is 0 Å². The van der Waals surface area contributed by atoms with E-state index < -0.39 is 0 Å². The quantitative estimate of drug-likeness (QED) is 0.850. The highest BCUT2D eigenvalue weighted by atomic mass is 16.5. The molecule has 2 aliphatic rings. The Morgan fingerprint density at radius 2 is 2.00 bits per heavy atom. The largest absolute Gasteiger partial charge is 0.381 e. The summed E-state index contributed by atoms with van der Waals surface area (Å²) in [6.45, 7) is 0. The van der Waals surface area contributed by atoms with E-state index in [4.69, 9.17) is 4.74 Å². The molecule has 1 saturated heterocycles. The van der Waals surface area contributed by atoms with E-state index in [0.717, 1.165) is 31.2 Å². The normalized spacial score (nSPS) is 33.0. The molecular weight excluding hydrogens is 266 g/mol. The first-order valence-corrected chi connectivity index (χ1v) is 7.56. The first-order chi connectivity index (χ1) is 10.1. The van der Waals surface area contributed by atoms with Crippen LogP contribution in [0, 0.1) is 5.41 Å². The maximum Gasteiger partial charge on any atom is 0.234 e. The molecule has 1 aromatic rings. The third kappa shape index (κ3) is 2.60.